The van der Waals surface area contributed by atoms with E-state index in [0.29, 0.717) is 0 Å². The highest BCUT2D eigenvalue weighted by molar-refractivity contribution is 8.27. The zero-order valence-corrected chi connectivity index (χ0v) is 20.6. The van der Waals surface area contributed by atoms with Gasteiger partial charge in [0.1, 0.15) is 5.82 Å². The Hall–Kier alpha value is -2.40. The first-order chi connectivity index (χ1) is 15.2. The number of thiazole rings is 1. The van der Waals surface area contributed by atoms with Gasteiger partial charge in [0.25, 0.3) is 0 Å². The predicted octanol–water partition coefficient (Wildman–Crippen LogP) is 8.02. The third-order valence-electron chi connectivity index (χ3n) is 5.20. The van der Waals surface area contributed by atoms with Crippen LogP contribution in [-0.4, -0.2) is 23.0 Å². The summed E-state index contributed by atoms with van der Waals surface area (Å²) in [5.74, 6) is 8.16. The third kappa shape index (κ3) is 5.32. The summed E-state index contributed by atoms with van der Waals surface area (Å²) < 4.78 is 13.5. The highest BCUT2D eigenvalue weighted by Crippen LogP contribution is 2.39. The topological polar surface area (TPSA) is 12.9 Å². The highest BCUT2D eigenvalue weighted by Gasteiger charge is 2.16. The van der Waals surface area contributed by atoms with Crippen molar-refractivity contribution in [3.8, 4) is 21.7 Å². The van der Waals surface area contributed by atoms with Gasteiger partial charge in [-0.15, -0.1) is 11.3 Å². The Morgan fingerprint density at radius 2 is 1.59 bits per heavy atom. The molecule has 4 aromatic rings. The van der Waals surface area contributed by atoms with Crippen molar-refractivity contribution in [2.45, 2.75) is 24.7 Å². The minimum atomic E-state index is -1.27. The van der Waals surface area contributed by atoms with Gasteiger partial charge in [0, 0.05) is 17.0 Å². The van der Waals surface area contributed by atoms with Crippen LogP contribution in [0.5, 0.6) is 0 Å². The number of halogens is 2. The molecule has 0 N–H and O–H groups in total. The zero-order valence-electron chi connectivity index (χ0n) is 18.2. The van der Waals surface area contributed by atoms with Crippen LogP contribution < -0.4 is 0 Å². The van der Waals surface area contributed by atoms with Gasteiger partial charge < -0.3 is 0 Å². The van der Waals surface area contributed by atoms with Gasteiger partial charge in [0.2, 0.25) is 0 Å². The number of nitrogens with zero attached hydrogens (tertiary/aromatic N) is 1. The molecular formula is C27H25ClFNS2. The van der Waals surface area contributed by atoms with Crippen molar-refractivity contribution in [3.05, 3.63) is 93.7 Å². The van der Waals surface area contributed by atoms with Gasteiger partial charge in [-0.05, 0) is 89.7 Å². The van der Waals surface area contributed by atoms with E-state index >= 15 is 0 Å². The maximum absolute atomic E-state index is 13.5. The second-order valence-electron chi connectivity index (χ2n) is 8.23. The molecule has 164 valence electrons. The van der Waals surface area contributed by atoms with Gasteiger partial charge in [-0.25, -0.2) is 9.37 Å². The summed E-state index contributed by atoms with van der Waals surface area (Å²) in [7, 11) is -1.27. The number of rotatable bonds is 6. The molecule has 32 heavy (non-hydrogen) atoms. The lowest BCUT2D eigenvalue weighted by molar-refractivity contribution is 0.628. The number of benzene rings is 3. The number of aryl methyl sites for hydroxylation is 3. The second-order valence-corrected chi connectivity index (χ2v) is 12.8. The van der Waals surface area contributed by atoms with Crippen LogP contribution in [-0.2, 0) is 12.8 Å². The van der Waals surface area contributed by atoms with Crippen LogP contribution in [0.4, 0.5) is 4.39 Å². The molecule has 1 nitrogen and oxygen atoms in total. The summed E-state index contributed by atoms with van der Waals surface area (Å²) in [4.78, 5) is 7.21. The van der Waals surface area contributed by atoms with Crippen molar-refractivity contribution in [1.82, 2.24) is 4.98 Å². The molecule has 0 saturated heterocycles. The average Bonchev–Trinajstić information content (AvgIpc) is 3.16. The van der Waals surface area contributed by atoms with Crippen molar-refractivity contribution in [2.24, 2.45) is 0 Å². The molecule has 0 aliphatic heterocycles. The average molecular weight is 482 g/mol. The summed E-state index contributed by atoms with van der Waals surface area (Å²) in [6, 6.07) is 21.1. The molecule has 0 amide bonds. The van der Waals surface area contributed by atoms with E-state index in [4.69, 9.17) is 16.6 Å². The Balaban J connectivity index is 1.70. The largest absolute Gasteiger partial charge is 0.241 e. The molecule has 0 radical (unpaired) electrons. The molecule has 0 fully saturated rings. The number of aromatic nitrogens is 1. The zero-order chi connectivity index (χ0) is 22.9. The van der Waals surface area contributed by atoms with Crippen LogP contribution in [0, 0.1) is 12.7 Å². The minimum Gasteiger partial charge on any atom is -0.241 e. The second kappa shape index (κ2) is 9.22. The summed E-state index contributed by atoms with van der Waals surface area (Å²) >= 11 is 7.92. The van der Waals surface area contributed by atoms with Gasteiger partial charge in [0.05, 0.1) is 15.6 Å². The lowest BCUT2D eigenvalue weighted by atomic mass is 10.1. The van der Waals surface area contributed by atoms with E-state index in [0.717, 1.165) is 55.0 Å². The summed E-state index contributed by atoms with van der Waals surface area (Å²) in [5.41, 5.74) is 5.26. The van der Waals surface area contributed by atoms with Crippen LogP contribution >= 0.6 is 32.1 Å². The molecular weight excluding hydrogens is 457 g/mol. The molecule has 1 heterocycles. The van der Waals surface area contributed by atoms with Crippen LogP contribution in [0.2, 0.25) is 5.02 Å². The molecule has 5 heteroatoms. The van der Waals surface area contributed by atoms with E-state index in [1.54, 1.807) is 23.5 Å². The van der Waals surface area contributed by atoms with Crippen molar-refractivity contribution in [3.63, 3.8) is 0 Å². The third-order valence-corrected chi connectivity index (χ3v) is 8.00. The predicted molar refractivity (Wildman–Crippen MR) is 143 cm³/mol. The monoisotopic (exact) mass is 481 g/mol. The molecule has 0 aliphatic carbocycles. The van der Waals surface area contributed by atoms with Crippen LogP contribution in [0.3, 0.4) is 0 Å². The molecule has 0 atom stereocenters. The fourth-order valence-electron chi connectivity index (χ4n) is 3.61. The molecule has 0 aliphatic rings. The van der Waals surface area contributed by atoms with E-state index in [1.165, 1.54) is 17.7 Å². The quantitative estimate of drug-likeness (QED) is 0.254. The fourth-order valence-corrected chi connectivity index (χ4v) is 5.81. The van der Waals surface area contributed by atoms with Gasteiger partial charge >= 0.3 is 0 Å². The fraction of sp³-hybridized carbons (Fsp3) is 0.148. The normalized spacial score (nSPS) is 11.6. The Kier molecular flexibility index (Phi) is 6.57. The maximum Gasteiger partial charge on any atom is 0.123 e. The minimum absolute atomic E-state index is 0.250. The Morgan fingerprint density at radius 1 is 0.938 bits per heavy atom. The van der Waals surface area contributed by atoms with Gasteiger partial charge in [0.15, 0.2) is 0 Å². The van der Waals surface area contributed by atoms with E-state index in [1.807, 2.05) is 12.1 Å². The number of hydrogen-bond donors (Lipinski definition) is 0. The molecule has 3 aromatic carbocycles. The van der Waals surface area contributed by atoms with E-state index in [9.17, 15) is 4.39 Å². The summed E-state index contributed by atoms with van der Waals surface area (Å²) in [6.07, 6.45) is 3.76. The first-order valence-electron chi connectivity index (χ1n) is 10.3. The summed E-state index contributed by atoms with van der Waals surface area (Å²) in [5, 5.41) is 1.81. The van der Waals surface area contributed by atoms with Gasteiger partial charge in [-0.3, -0.25) is 0 Å². The molecule has 0 unspecified atom stereocenters. The lowest BCUT2D eigenvalue weighted by Crippen LogP contribution is -1.92. The molecule has 0 saturated carbocycles. The Labute approximate surface area is 199 Å². The molecule has 0 spiro atoms. The van der Waals surface area contributed by atoms with Crippen molar-refractivity contribution >= 4 is 43.9 Å². The van der Waals surface area contributed by atoms with E-state index in [2.05, 4.69) is 55.3 Å². The first-order valence-corrected chi connectivity index (χ1v) is 13.8. The first kappa shape index (κ1) is 22.8. The molecule has 1 aromatic heterocycles. The van der Waals surface area contributed by atoms with Gasteiger partial charge in [-0.1, -0.05) is 41.5 Å². The molecule has 0 bridgehead atoms. The smallest absolute Gasteiger partial charge is 0.123 e. The maximum atomic E-state index is 13.5. The lowest BCUT2D eigenvalue weighted by Gasteiger charge is -2.09. The van der Waals surface area contributed by atoms with Crippen molar-refractivity contribution in [2.75, 3.05) is 6.26 Å². The summed E-state index contributed by atoms with van der Waals surface area (Å²) in [6.45, 7) is 2.05. The standard InChI is InChI=1S/C27H25ClFNS2/c1-18-15-19(17-22(28)16-18)5-14-25-30-26(20-6-10-23(29)11-7-20)27(31-25)21-8-12-24(13-9-21)32(2,3)4/h6-13,15-17H,2-3,5,14H2,1,4H3. The Morgan fingerprint density at radius 3 is 2.22 bits per heavy atom. The number of hydrogen-bond acceptors (Lipinski definition) is 2. The van der Waals surface area contributed by atoms with Crippen molar-refractivity contribution < 1.29 is 4.39 Å². The van der Waals surface area contributed by atoms with Crippen LogP contribution in [0.25, 0.3) is 21.7 Å². The van der Waals surface area contributed by atoms with Crippen LogP contribution in [0.15, 0.2) is 71.6 Å². The SMILES string of the molecule is C=S(=C)(C)c1ccc(-c2sc(CCc3cc(C)cc(Cl)c3)nc2-c2ccc(F)cc2)cc1. The highest BCUT2D eigenvalue weighted by atomic mass is 35.5. The van der Waals surface area contributed by atoms with E-state index in [-0.39, 0.29) is 5.82 Å². The van der Waals surface area contributed by atoms with Crippen LogP contribution in [0.1, 0.15) is 16.1 Å². The Bertz CT molecular complexity index is 1330. The van der Waals surface area contributed by atoms with Crippen molar-refractivity contribution in [1.29, 1.82) is 0 Å². The van der Waals surface area contributed by atoms with E-state index < -0.39 is 9.21 Å². The van der Waals surface area contributed by atoms with Gasteiger partial charge in [-0.2, -0.15) is 9.21 Å². The molecule has 4 rings (SSSR count).